The Balaban J connectivity index is 0.00000200. The van der Waals surface area contributed by atoms with Crippen molar-refractivity contribution in [2.75, 3.05) is 19.6 Å². The van der Waals surface area contributed by atoms with E-state index in [2.05, 4.69) is 33.9 Å². The second kappa shape index (κ2) is 8.49. The predicted octanol–water partition coefficient (Wildman–Crippen LogP) is 2.32. The molecule has 0 saturated carbocycles. The van der Waals surface area contributed by atoms with E-state index in [0.29, 0.717) is 0 Å². The molecule has 1 unspecified atom stereocenters. The average molecular weight is 391 g/mol. The highest BCUT2D eigenvalue weighted by Gasteiger charge is 2.17. The molecule has 114 valence electrons. The first-order chi connectivity index (χ1) is 9.16. The van der Waals surface area contributed by atoms with Gasteiger partial charge in [0.15, 0.2) is 5.96 Å². The number of likely N-dealkylation sites (tertiary alicyclic amines) is 1. The van der Waals surface area contributed by atoms with Gasteiger partial charge in [0.1, 0.15) is 0 Å². The normalized spacial score (nSPS) is 19.8. The topological polar surface area (TPSA) is 70.3 Å². The average Bonchev–Trinajstić information content (AvgIpc) is 2.80. The summed E-state index contributed by atoms with van der Waals surface area (Å²) in [6.45, 7) is 7.23. The second-order valence-electron chi connectivity index (χ2n) is 5.56. The minimum atomic E-state index is 0. The van der Waals surface area contributed by atoms with Gasteiger partial charge in [-0.3, -0.25) is 10.1 Å². The van der Waals surface area contributed by atoms with E-state index in [1.54, 1.807) is 0 Å². The lowest BCUT2D eigenvalue weighted by Crippen LogP contribution is -2.43. The van der Waals surface area contributed by atoms with E-state index in [-0.39, 0.29) is 24.0 Å². The van der Waals surface area contributed by atoms with E-state index in [1.807, 2.05) is 6.20 Å². The van der Waals surface area contributed by atoms with E-state index in [9.17, 15) is 0 Å². The van der Waals surface area contributed by atoms with Gasteiger partial charge < -0.3 is 10.6 Å². The summed E-state index contributed by atoms with van der Waals surface area (Å²) in [6, 6.07) is 0. The van der Waals surface area contributed by atoms with Crippen LogP contribution in [0.25, 0.3) is 0 Å². The maximum Gasteiger partial charge on any atom is 0.191 e. The van der Waals surface area contributed by atoms with E-state index in [0.717, 1.165) is 50.0 Å². The van der Waals surface area contributed by atoms with Gasteiger partial charge in [-0.25, -0.2) is 0 Å². The number of nitrogens with zero attached hydrogens (tertiary/aromatic N) is 3. The number of hydrogen-bond donors (Lipinski definition) is 2. The van der Waals surface area contributed by atoms with Crippen LogP contribution >= 0.6 is 24.0 Å². The number of aromatic amines is 1. The van der Waals surface area contributed by atoms with Crippen molar-refractivity contribution < 1.29 is 0 Å². The fraction of sp³-hybridized carbons (Fsp3) is 0.714. The van der Waals surface area contributed by atoms with Crippen molar-refractivity contribution in [1.82, 2.24) is 15.1 Å². The summed E-state index contributed by atoms with van der Waals surface area (Å²) in [6.07, 6.45) is 6.46. The third-order valence-electron chi connectivity index (χ3n) is 3.79. The number of rotatable bonds is 4. The van der Waals surface area contributed by atoms with Crippen LogP contribution in [0, 0.1) is 12.8 Å². The molecule has 2 heterocycles. The van der Waals surface area contributed by atoms with E-state index in [4.69, 9.17) is 5.73 Å². The van der Waals surface area contributed by atoms with Gasteiger partial charge in [-0.1, -0.05) is 6.92 Å². The number of halogens is 1. The summed E-state index contributed by atoms with van der Waals surface area (Å²) in [5, 5.41) is 6.98. The molecule has 1 saturated heterocycles. The molecular weight excluding hydrogens is 365 g/mol. The first-order valence-corrected chi connectivity index (χ1v) is 7.20. The molecule has 1 aliphatic rings. The molecule has 0 amide bonds. The third kappa shape index (κ3) is 4.96. The molecule has 1 aliphatic heterocycles. The molecule has 5 nitrogen and oxygen atoms in total. The fourth-order valence-corrected chi connectivity index (χ4v) is 2.59. The van der Waals surface area contributed by atoms with Gasteiger partial charge in [-0.05, 0) is 44.1 Å². The molecule has 6 heteroatoms. The molecule has 1 aromatic rings. The van der Waals surface area contributed by atoms with Crippen LogP contribution in [0.2, 0.25) is 0 Å². The summed E-state index contributed by atoms with van der Waals surface area (Å²) in [5.41, 5.74) is 8.49. The van der Waals surface area contributed by atoms with Crippen molar-refractivity contribution in [2.24, 2.45) is 16.6 Å². The number of nitrogens with two attached hydrogens (primary N) is 1. The van der Waals surface area contributed by atoms with Gasteiger partial charge in [0.05, 0.1) is 6.20 Å². The number of piperidine rings is 1. The SMILES string of the molecule is Cc1[nH]ncc1CCCN=C(N)N1CCCC(C)C1.I. The third-order valence-corrected chi connectivity index (χ3v) is 3.79. The van der Waals surface area contributed by atoms with Crippen LogP contribution in [0.15, 0.2) is 11.2 Å². The van der Waals surface area contributed by atoms with Gasteiger partial charge in [-0.2, -0.15) is 5.10 Å². The molecule has 1 atom stereocenters. The maximum atomic E-state index is 6.06. The van der Waals surface area contributed by atoms with Crippen molar-refractivity contribution in [3.05, 3.63) is 17.5 Å². The molecule has 20 heavy (non-hydrogen) atoms. The Bertz CT molecular complexity index is 429. The Morgan fingerprint density at radius 3 is 3.05 bits per heavy atom. The largest absolute Gasteiger partial charge is 0.370 e. The van der Waals surface area contributed by atoms with Crippen LogP contribution in [-0.2, 0) is 6.42 Å². The Labute approximate surface area is 138 Å². The van der Waals surface area contributed by atoms with Crippen LogP contribution in [0.5, 0.6) is 0 Å². The number of guanidine groups is 1. The Kier molecular flexibility index (Phi) is 7.32. The number of aliphatic imine (C=N–C) groups is 1. The molecule has 3 N–H and O–H groups in total. The molecule has 0 aromatic carbocycles. The summed E-state index contributed by atoms with van der Waals surface area (Å²) < 4.78 is 0. The lowest BCUT2D eigenvalue weighted by molar-refractivity contribution is 0.270. The molecule has 0 aliphatic carbocycles. The van der Waals surface area contributed by atoms with Crippen LogP contribution in [0.1, 0.15) is 37.4 Å². The van der Waals surface area contributed by atoms with Crippen molar-refractivity contribution in [1.29, 1.82) is 0 Å². The Morgan fingerprint density at radius 2 is 2.40 bits per heavy atom. The Hall–Kier alpha value is -0.790. The highest BCUT2D eigenvalue weighted by molar-refractivity contribution is 14.0. The highest BCUT2D eigenvalue weighted by atomic mass is 127. The zero-order valence-corrected chi connectivity index (χ0v) is 14.8. The molecule has 0 radical (unpaired) electrons. The zero-order chi connectivity index (χ0) is 13.7. The highest BCUT2D eigenvalue weighted by Crippen LogP contribution is 2.15. The maximum absolute atomic E-state index is 6.06. The second-order valence-corrected chi connectivity index (χ2v) is 5.56. The zero-order valence-electron chi connectivity index (χ0n) is 12.4. The number of H-pyrrole nitrogens is 1. The summed E-state index contributed by atoms with van der Waals surface area (Å²) in [7, 11) is 0. The van der Waals surface area contributed by atoms with E-state index >= 15 is 0 Å². The first-order valence-electron chi connectivity index (χ1n) is 7.20. The summed E-state index contributed by atoms with van der Waals surface area (Å²) in [4.78, 5) is 6.72. The van der Waals surface area contributed by atoms with Crippen molar-refractivity contribution >= 4 is 29.9 Å². The molecule has 2 rings (SSSR count). The van der Waals surface area contributed by atoms with Gasteiger partial charge in [-0.15, -0.1) is 24.0 Å². The lowest BCUT2D eigenvalue weighted by atomic mass is 10.0. The molecule has 0 bridgehead atoms. The fourth-order valence-electron chi connectivity index (χ4n) is 2.59. The number of aryl methyl sites for hydroxylation is 2. The van der Waals surface area contributed by atoms with Gasteiger partial charge in [0.25, 0.3) is 0 Å². The van der Waals surface area contributed by atoms with E-state index in [1.165, 1.54) is 18.4 Å². The first kappa shape index (κ1) is 17.3. The quantitative estimate of drug-likeness (QED) is 0.358. The number of hydrogen-bond acceptors (Lipinski definition) is 2. The smallest absolute Gasteiger partial charge is 0.191 e. The van der Waals surface area contributed by atoms with Gasteiger partial charge in [0.2, 0.25) is 0 Å². The molecular formula is C14H26IN5. The minimum Gasteiger partial charge on any atom is -0.370 e. The number of nitrogens with one attached hydrogen (secondary N) is 1. The standard InChI is InChI=1S/C14H25N5.HI/c1-11-5-4-8-19(10-11)14(15)16-7-3-6-13-9-17-18-12(13)2;/h9,11H,3-8,10H2,1-2H3,(H2,15,16)(H,17,18);1H. The minimum absolute atomic E-state index is 0. The summed E-state index contributed by atoms with van der Waals surface area (Å²) in [5.74, 6) is 1.45. The molecule has 1 aromatic heterocycles. The molecule has 1 fully saturated rings. The van der Waals surface area contributed by atoms with Crippen LogP contribution < -0.4 is 5.73 Å². The van der Waals surface area contributed by atoms with E-state index < -0.39 is 0 Å². The van der Waals surface area contributed by atoms with Crippen LogP contribution in [0.4, 0.5) is 0 Å². The van der Waals surface area contributed by atoms with Crippen LogP contribution in [0.3, 0.4) is 0 Å². The van der Waals surface area contributed by atoms with Crippen molar-refractivity contribution in [2.45, 2.75) is 39.5 Å². The monoisotopic (exact) mass is 391 g/mol. The summed E-state index contributed by atoms with van der Waals surface area (Å²) >= 11 is 0. The lowest BCUT2D eigenvalue weighted by Gasteiger charge is -2.31. The van der Waals surface area contributed by atoms with Crippen LogP contribution in [-0.4, -0.2) is 40.7 Å². The van der Waals surface area contributed by atoms with Gasteiger partial charge in [0, 0.05) is 25.3 Å². The van der Waals surface area contributed by atoms with Crippen molar-refractivity contribution in [3.8, 4) is 0 Å². The van der Waals surface area contributed by atoms with Gasteiger partial charge >= 0.3 is 0 Å². The predicted molar refractivity (Wildman–Crippen MR) is 93.5 cm³/mol. The van der Waals surface area contributed by atoms with Crippen molar-refractivity contribution in [3.63, 3.8) is 0 Å². The molecule has 0 spiro atoms. The Morgan fingerprint density at radius 1 is 1.60 bits per heavy atom. The number of aromatic nitrogens is 2.